The smallest absolute Gasteiger partial charge is 0.140 e. The summed E-state index contributed by atoms with van der Waals surface area (Å²) in [4.78, 5) is 7.07. The van der Waals surface area contributed by atoms with Crippen molar-refractivity contribution in [1.82, 2.24) is 9.97 Å². The Labute approximate surface area is 71.7 Å². The summed E-state index contributed by atoms with van der Waals surface area (Å²) < 4.78 is 0.973. The molecule has 0 aromatic carbocycles. The summed E-state index contributed by atoms with van der Waals surface area (Å²) in [5.74, 6) is 0.520. The second-order valence-corrected chi connectivity index (χ2v) is 3.12. The average Bonchev–Trinajstić information content (AvgIpc) is 2.34. The maximum Gasteiger partial charge on any atom is 0.140 e. The first-order valence-corrected chi connectivity index (χ1v) is 3.96. The molecule has 2 aromatic rings. The van der Waals surface area contributed by atoms with Crippen LogP contribution < -0.4 is 5.73 Å². The van der Waals surface area contributed by atoms with Crippen molar-refractivity contribution in [2.75, 3.05) is 5.73 Å². The van der Waals surface area contributed by atoms with Crippen LogP contribution in [0, 0.1) is 0 Å². The molecule has 3 nitrogen and oxygen atoms in total. The molecule has 0 bridgehead atoms. The predicted octanol–water partition coefficient (Wildman–Crippen LogP) is 1.91. The van der Waals surface area contributed by atoms with Crippen molar-refractivity contribution in [3.63, 3.8) is 0 Å². The van der Waals surface area contributed by atoms with Crippen LogP contribution in [-0.4, -0.2) is 9.97 Å². The van der Waals surface area contributed by atoms with E-state index in [2.05, 4.69) is 25.9 Å². The van der Waals surface area contributed by atoms with E-state index in [0.717, 1.165) is 15.5 Å². The molecule has 11 heavy (non-hydrogen) atoms. The van der Waals surface area contributed by atoms with Crippen molar-refractivity contribution in [1.29, 1.82) is 0 Å². The van der Waals surface area contributed by atoms with Gasteiger partial charge in [0.25, 0.3) is 0 Å². The Morgan fingerprint density at radius 1 is 1.55 bits per heavy atom. The van der Waals surface area contributed by atoms with Crippen LogP contribution in [0.2, 0.25) is 0 Å². The van der Waals surface area contributed by atoms with Crippen molar-refractivity contribution < 1.29 is 0 Å². The molecule has 4 heteroatoms. The summed E-state index contributed by atoms with van der Waals surface area (Å²) in [6.07, 6.45) is 1.84. The fourth-order valence-corrected chi connectivity index (χ4v) is 1.57. The number of H-pyrrole nitrogens is 1. The first-order chi connectivity index (χ1) is 5.27. The second kappa shape index (κ2) is 2.23. The van der Waals surface area contributed by atoms with Crippen molar-refractivity contribution in [3.8, 4) is 0 Å². The standard InChI is InChI=1S/C7H6BrN3/c8-5-3-6(9)11-7-4(5)1-2-10-7/h1-3H,(H3,9,10,11). The number of nitrogens with one attached hydrogen (secondary N) is 1. The molecule has 2 rings (SSSR count). The summed E-state index contributed by atoms with van der Waals surface area (Å²) in [5, 5.41) is 1.05. The second-order valence-electron chi connectivity index (χ2n) is 2.27. The molecule has 56 valence electrons. The highest BCUT2D eigenvalue weighted by molar-refractivity contribution is 9.10. The van der Waals surface area contributed by atoms with Gasteiger partial charge in [-0.25, -0.2) is 4.98 Å². The average molecular weight is 212 g/mol. The number of rotatable bonds is 0. The zero-order valence-corrected chi connectivity index (χ0v) is 7.22. The van der Waals surface area contributed by atoms with Crippen LogP contribution in [0.3, 0.4) is 0 Å². The van der Waals surface area contributed by atoms with Crippen LogP contribution in [0.15, 0.2) is 22.8 Å². The molecule has 0 aliphatic heterocycles. The Hall–Kier alpha value is -1.03. The zero-order chi connectivity index (χ0) is 7.84. The molecule has 0 aliphatic rings. The fraction of sp³-hybridized carbons (Fsp3) is 0. The van der Waals surface area contributed by atoms with Crippen LogP contribution in [0.1, 0.15) is 0 Å². The van der Waals surface area contributed by atoms with E-state index in [1.165, 1.54) is 0 Å². The Morgan fingerprint density at radius 3 is 3.18 bits per heavy atom. The van der Waals surface area contributed by atoms with Gasteiger partial charge >= 0.3 is 0 Å². The number of fused-ring (bicyclic) bond motifs is 1. The molecule has 0 atom stereocenters. The molecule has 0 saturated carbocycles. The van der Waals surface area contributed by atoms with Crippen molar-refractivity contribution in [2.24, 2.45) is 0 Å². The van der Waals surface area contributed by atoms with Gasteiger partial charge in [-0.05, 0) is 28.1 Å². The van der Waals surface area contributed by atoms with E-state index >= 15 is 0 Å². The van der Waals surface area contributed by atoms with E-state index in [1.807, 2.05) is 12.3 Å². The van der Waals surface area contributed by atoms with Gasteiger partial charge in [-0.2, -0.15) is 0 Å². The number of pyridine rings is 1. The fourth-order valence-electron chi connectivity index (χ4n) is 1.01. The highest BCUT2D eigenvalue weighted by Gasteiger charge is 2.00. The Bertz CT molecular complexity index is 393. The molecular formula is C7H6BrN3. The van der Waals surface area contributed by atoms with Crippen LogP contribution in [-0.2, 0) is 0 Å². The summed E-state index contributed by atoms with van der Waals surface area (Å²) in [7, 11) is 0. The lowest BCUT2D eigenvalue weighted by atomic mass is 10.3. The summed E-state index contributed by atoms with van der Waals surface area (Å²) in [5.41, 5.74) is 6.34. The van der Waals surface area contributed by atoms with E-state index in [4.69, 9.17) is 5.73 Å². The van der Waals surface area contributed by atoms with Gasteiger partial charge in [-0.15, -0.1) is 0 Å². The Morgan fingerprint density at radius 2 is 2.36 bits per heavy atom. The molecule has 2 aromatic heterocycles. The lowest BCUT2D eigenvalue weighted by molar-refractivity contribution is 1.33. The lowest BCUT2D eigenvalue weighted by Crippen LogP contribution is -1.89. The molecule has 0 unspecified atom stereocenters. The molecule has 0 aliphatic carbocycles. The lowest BCUT2D eigenvalue weighted by Gasteiger charge is -1.95. The highest BCUT2D eigenvalue weighted by atomic mass is 79.9. The van der Waals surface area contributed by atoms with Gasteiger partial charge in [0.2, 0.25) is 0 Å². The summed E-state index contributed by atoms with van der Waals surface area (Å²) in [6, 6.07) is 3.74. The van der Waals surface area contributed by atoms with E-state index in [9.17, 15) is 0 Å². The van der Waals surface area contributed by atoms with E-state index in [1.54, 1.807) is 6.07 Å². The number of aromatic nitrogens is 2. The van der Waals surface area contributed by atoms with Crippen LogP contribution in [0.5, 0.6) is 0 Å². The molecule has 0 radical (unpaired) electrons. The van der Waals surface area contributed by atoms with Gasteiger partial charge in [-0.3, -0.25) is 0 Å². The molecule has 3 N–H and O–H groups in total. The number of nitrogens with two attached hydrogens (primary N) is 1. The van der Waals surface area contributed by atoms with Gasteiger partial charge in [0.15, 0.2) is 0 Å². The van der Waals surface area contributed by atoms with Crippen LogP contribution >= 0.6 is 15.9 Å². The zero-order valence-electron chi connectivity index (χ0n) is 5.63. The van der Waals surface area contributed by atoms with E-state index in [-0.39, 0.29) is 0 Å². The molecule has 2 heterocycles. The van der Waals surface area contributed by atoms with Gasteiger partial charge in [0.1, 0.15) is 11.5 Å². The van der Waals surface area contributed by atoms with Gasteiger partial charge in [0.05, 0.1) is 0 Å². The van der Waals surface area contributed by atoms with E-state index < -0.39 is 0 Å². The predicted molar refractivity (Wildman–Crippen MR) is 48.2 cm³/mol. The van der Waals surface area contributed by atoms with Crippen molar-refractivity contribution in [2.45, 2.75) is 0 Å². The minimum absolute atomic E-state index is 0.520. The topological polar surface area (TPSA) is 54.7 Å². The SMILES string of the molecule is Nc1cc(Br)c2cc[nH]c2n1. The van der Waals surface area contributed by atoms with Crippen LogP contribution in [0.4, 0.5) is 5.82 Å². The number of hydrogen-bond acceptors (Lipinski definition) is 2. The minimum atomic E-state index is 0.520. The largest absolute Gasteiger partial charge is 0.384 e. The molecule has 0 saturated heterocycles. The highest BCUT2D eigenvalue weighted by Crippen LogP contribution is 2.23. The number of nitrogen functional groups attached to an aromatic ring is 1. The monoisotopic (exact) mass is 211 g/mol. The van der Waals surface area contributed by atoms with Gasteiger partial charge in [0, 0.05) is 16.1 Å². The maximum absolute atomic E-state index is 5.52. The minimum Gasteiger partial charge on any atom is -0.384 e. The normalized spacial score (nSPS) is 10.6. The Balaban J connectivity index is 2.91. The van der Waals surface area contributed by atoms with Gasteiger partial charge < -0.3 is 10.7 Å². The number of halogens is 1. The summed E-state index contributed by atoms with van der Waals surface area (Å²) in [6.45, 7) is 0. The molecule has 0 spiro atoms. The van der Waals surface area contributed by atoms with Crippen LogP contribution in [0.25, 0.3) is 11.0 Å². The third kappa shape index (κ3) is 0.991. The van der Waals surface area contributed by atoms with Crippen molar-refractivity contribution >= 4 is 32.8 Å². The summed E-state index contributed by atoms with van der Waals surface area (Å²) >= 11 is 3.39. The van der Waals surface area contributed by atoms with E-state index in [0.29, 0.717) is 5.82 Å². The first kappa shape index (κ1) is 6.67. The number of nitrogens with zero attached hydrogens (tertiary/aromatic N) is 1. The number of anilines is 1. The molecule has 0 fully saturated rings. The third-order valence-electron chi connectivity index (χ3n) is 1.50. The van der Waals surface area contributed by atoms with Gasteiger partial charge in [-0.1, -0.05) is 0 Å². The Kier molecular flexibility index (Phi) is 1.35. The molecule has 0 amide bonds. The number of hydrogen-bond donors (Lipinski definition) is 2. The number of aromatic amines is 1. The quantitative estimate of drug-likeness (QED) is 0.700. The maximum atomic E-state index is 5.52. The van der Waals surface area contributed by atoms with Crippen molar-refractivity contribution in [3.05, 3.63) is 22.8 Å². The first-order valence-electron chi connectivity index (χ1n) is 3.16. The molecular weight excluding hydrogens is 206 g/mol. The third-order valence-corrected chi connectivity index (χ3v) is 2.15.